The molecule has 6 heteroatoms. The van der Waals surface area contributed by atoms with E-state index in [0.717, 1.165) is 26.1 Å². The monoisotopic (exact) mass is 670 g/mol. The number of carbonyl (C=O) groups is 1. The topological polar surface area (TPSA) is 66.0 Å². The van der Waals surface area contributed by atoms with Gasteiger partial charge in [-0.3, -0.25) is 4.79 Å². The van der Waals surface area contributed by atoms with Crippen molar-refractivity contribution in [2.24, 2.45) is 0 Å². The van der Waals surface area contributed by atoms with E-state index in [-0.39, 0.29) is 17.6 Å². The minimum Gasteiger partial charge on any atom is -0.379 e. The average Bonchev–Trinajstić information content (AvgIpc) is 3.04. The number of methoxy groups -OCH3 is 1. The van der Waals surface area contributed by atoms with Crippen LogP contribution in [0.15, 0.2) is 0 Å². The van der Waals surface area contributed by atoms with Crippen LogP contribution in [0.1, 0.15) is 202 Å². The SMILES string of the molecule is CCCCCCCCCCCCCCOCC(COCCCCCCCCCCCCCC)NC(=O)C(C)(C)OCCC(C)(C)OC. The van der Waals surface area contributed by atoms with Gasteiger partial charge in [0.2, 0.25) is 0 Å². The number of carbonyl (C=O) groups excluding carboxylic acids is 1. The van der Waals surface area contributed by atoms with Gasteiger partial charge >= 0.3 is 0 Å². The minimum atomic E-state index is -0.937. The van der Waals surface area contributed by atoms with Crippen molar-refractivity contribution in [3.8, 4) is 0 Å². The molecule has 0 saturated carbocycles. The highest BCUT2D eigenvalue weighted by molar-refractivity contribution is 5.84. The molecule has 282 valence electrons. The van der Waals surface area contributed by atoms with E-state index in [4.69, 9.17) is 18.9 Å². The zero-order valence-electron chi connectivity index (χ0n) is 32.8. The van der Waals surface area contributed by atoms with Crippen LogP contribution in [0.3, 0.4) is 0 Å². The predicted octanol–water partition coefficient (Wildman–Crippen LogP) is 11.5. The van der Waals surface area contributed by atoms with Crippen molar-refractivity contribution < 1.29 is 23.7 Å². The molecule has 1 amide bonds. The highest BCUT2D eigenvalue weighted by atomic mass is 16.5. The van der Waals surface area contributed by atoms with Gasteiger partial charge in [0.05, 0.1) is 31.5 Å². The fraction of sp³-hybridized carbons (Fsp3) is 0.976. The summed E-state index contributed by atoms with van der Waals surface area (Å²) in [5.74, 6) is -0.124. The molecular weight excluding hydrogens is 586 g/mol. The molecule has 0 aromatic carbocycles. The number of ether oxygens (including phenoxy) is 4. The second kappa shape index (κ2) is 32.5. The molecular formula is C41H83NO5. The van der Waals surface area contributed by atoms with Gasteiger partial charge in [-0.1, -0.05) is 155 Å². The van der Waals surface area contributed by atoms with Crippen molar-refractivity contribution in [2.45, 2.75) is 219 Å². The first-order valence-corrected chi connectivity index (χ1v) is 20.3. The quantitative estimate of drug-likeness (QED) is 0.0667. The molecule has 0 unspecified atom stereocenters. The third kappa shape index (κ3) is 31.1. The van der Waals surface area contributed by atoms with E-state index >= 15 is 0 Å². The van der Waals surface area contributed by atoms with Gasteiger partial charge in [-0.2, -0.15) is 0 Å². The fourth-order valence-electron chi connectivity index (χ4n) is 5.75. The van der Waals surface area contributed by atoms with E-state index in [0.29, 0.717) is 26.2 Å². The van der Waals surface area contributed by atoms with Crippen molar-refractivity contribution in [2.75, 3.05) is 40.1 Å². The molecule has 47 heavy (non-hydrogen) atoms. The first-order chi connectivity index (χ1) is 22.7. The maximum atomic E-state index is 13.2. The maximum Gasteiger partial charge on any atom is 0.252 e. The summed E-state index contributed by atoms with van der Waals surface area (Å²) < 4.78 is 23.6. The van der Waals surface area contributed by atoms with Crippen molar-refractivity contribution in [1.82, 2.24) is 5.32 Å². The number of unbranched alkanes of at least 4 members (excludes halogenated alkanes) is 22. The lowest BCUT2D eigenvalue weighted by Gasteiger charge is -2.29. The van der Waals surface area contributed by atoms with Gasteiger partial charge in [-0.25, -0.2) is 0 Å². The Kier molecular flexibility index (Phi) is 32.0. The van der Waals surface area contributed by atoms with Crippen molar-refractivity contribution in [3.63, 3.8) is 0 Å². The van der Waals surface area contributed by atoms with E-state index in [1.54, 1.807) is 7.11 Å². The van der Waals surface area contributed by atoms with E-state index in [1.165, 1.54) is 141 Å². The number of rotatable bonds is 37. The molecule has 0 aliphatic carbocycles. The zero-order valence-corrected chi connectivity index (χ0v) is 32.8. The Morgan fingerprint density at radius 1 is 0.532 bits per heavy atom. The van der Waals surface area contributed by atoms with Gasteiger partial charge in [0.1, 0.15) is 5.60 Å². The molecule has 0 spiro atoms. The van der Waals surface area contributed by atoms with Gasteiger partial charge in [-0.05, 0) is 47.0 Å². The van der Waals surface area contributed by atoms with Crippen LogP contribution in [-0.2, 0) is 23.7 Å². The standard InChI is InChI=1S/C41H83NO5/c1-8-10-12-14-16-18-20-22-24-26-28-30-33-45-36-38(42-39(43)41(5,6)47-35-32-40(3,4)44-7)37-46-34-31-29-27-25-23-21-19-17-15-13-11-9-2/h38H,8-37H2,1-7H3,(H,42,43). The lowest BCUT2D eigenvalue weighted by Crippen LogP contribution is -2.51. The van der Waals surface area contributed by atoms with E-state index in [2.05, 4.69) is 19.2 Å². The van der Waals surface area contributed by atoms with Crippen LogP contribution in [0, 0.1) is 0 Å². The molecule has 0 aromatic heterocycles. The second-order valence-corrected chi connectivity index (χ2v) is 15.2. The average molecular weight is 670 g/mol. The van der Waals surface area contributed by atoms with Crippen LogP contribution in [0.2, 0.25) is 0 Å². The smallest absolute Gasteiger partial charge is 0.252 e. The molecule has 0 aliphatic rings. The molecule has 0 radical (unpaired) electrons. The summed E-state index contributed by atoms with van der Waals surface area (Å²) >= 11 is 0. The summed E-state index contributed by atoms with van der Waals surface area (Å²) in [6, 6.07) is -0.185. The molecule has 6 nitrogen and oxygen atoms in total. The fourth-order valence-corrected chi connectivity index (χ4v) is 5.75. The summed E-state index contributed by atoms with van der Waals surface area (Å²) in [4.78, 5) is 13.2. The highest BCUT2D eigenvalue weighted by Crippen LogP contribution is 2.17. The largest absolute Gasteiger partial charge is 0.379 e. The van der Waals surface area contributed by atoms with Crippen molar-refractivity contribution in [3.05, 3.63) is 0 Å². The number of hydrogen-bond donors (Lipinski definition) is 1. The van der Waals surface area contributed by atoms with Crippen LogP contribution >= 0.6 is 0 Å². The molecule has 1 N–H and O–H groups in total. The number of amides is 1. The van der Waals surface area contributed by atoms with Crippen LogP contribution in [0.5, 0.6) is 0 Å². The summed E-state index contributed by atoms with van der Waals surface area (Å²) in [7, 11) is 1.71. The second-order valence-electron chi connectivity index (χ2n) is 15.2. The first kappa shape index (κ1) is 46.3. The summed E-state index contributed by atoms with van der Waals surface area (Å²) in [6.45, 7) is 15.1. The summed E-state index contributed by atoms with van der Waals surface area (Å²) in [6.07, 6.45) is 32.7. The summed E-state index contributed by atoms with van der Waals surface area (Å²) in [5.41, 5.74) is -1.22. The number of nitrogens with one attached hydrogen (secondary N) is 1. The van der Waals surface area contributed by atoms with Crippen LogP contribution in [0.25, 0.3) is 0 Å². The highest BCUT2D eigenvalue weighted by Gasteiger charge is 2.31. The van der Waals surface area contributed by atoms with Gasteiger partial charge in [0, 0.05) is 20.3 Å². The lowest BCUT2D eigenvalue weighted by molar-refractivity contribution is -0.146. The molecule has 0 heterocycles. The van der Waals surface area contributed by atoms with Gasteiger partial charge in [-0.15, -0.1) is 0 Å². The van der Waals surface area contributed by atoms with E-state index in [1.807, 2.05) is 27.7 Å². The molecule has 0 bridgehead atoms. The molecule has 0 aliphatic heterocycles. The first-order valence-electron chi connectivity index (χ1n) is 20.3. The Morgan fingerprint density at radius 3 is 1.21 bits per heavy atom. The zero-order chi connectivity index (χ0) is 34.9. The van der Waals surface area contributed by atoms with E-state index in [9.17, 15) is 4.79 Å². The third-order valence-electron chi connectivity index (χ3n) is 9.52. The van der Waals surface area contributed by atoms with Gasteiger partial charge in [0.25, 0.3) is 5.91 Å². The Bertz CT molecular complexity index is 636. The van der Waals surface area contributed by atoms with Gasteiger partial charge < -0.3 is 24.3 Å². The maximum absolute atomic E-state index is 13.2. The van der Waals surface area contributed by atoms with Crippen molar-refractivity contribution >= 4 is 5.91 Å². The number of hydrogen-bond acceptors (Lipinski definition) is 5. The normalized spacial score (nSPS) is 12.3. The van der Waals surface area contributed by atoms with Crippen LogP contribution < -0.4 is 5.32 Å². The van der Waals surface area contributed by atoms with Crippen molar-refractivity contribution in [1.29, 1.82) is 0 Å². The molecule has 0 saturated heterocycles. The molecule has 0 rings (SSSR count). The molecule has 0 aromatic rings. The Morgan fingerprint density at radius 2 is 0.872 bits per heavy atom. The van der Waals surface area contributed by atoms with Crippen LogP contribution in [0.4, 0.5) is 0 Å². The van der Waals surface area contributed by atoms with Crippen LogP contribution in [-0.4, -0.2) is 63.3 Å². The Hall–Kier alpha value is -0.690. The Labute approximate surface area is 294 Å². The molecule has 0 fully saturated rings. The Balaban J connectivity index is 4.32. The van der Waals surface area contributed by atoms with E-state index < -0.39 is 5.60 Å². The molecule has 0 atom stereocenters. The third-order valence-corrected chi connectivity index (χ3v) is 9.52. The van der Waals surface area contributed by atoms with Gasteiger partial charge in [0.15, 0.2) is 0 Å². The summed E-state index contributed by atoms with van der Waals surface area (Å²) in [5, 5.41) is 3.17. The predicted molar refractivity (Wildman–Crippen MR) is 201 cm³/mol. The minimum absolute atomic E-state index is 0.124. The lowest BCUT2D eigenvalue weighted by atomic mass is 10.0.